The number of nitro benzene ring substituents is 1. The van der Waals surface area contributed by atoms with Crippen molar-refractivity contribution >= 4 is 5.69 Å². The van der Waals surface area contributed by atoms with Crippen molar-refractivity contribution in [3.8, 4) is 5.75 Å². The second-order valence-electron chi connectivity index (χ2n) is 3.39. The van der Waals surface area contributed by atoms with E-state index in [9.17, 15) is 19.6 Å². The van der Waals surface area contributed by atoms with Crippen LogP contribution in [0.3, 0.4) is 0 Å². The Morgan fingerprint density at radius 2 is 2.35 bits per heavy atom. The number of aliphatic hydroxyl groups excluding tert-OH is 1. The fraction of sp³-hybridized carbons (Fsp3) is 0.400. The van der Waals surface area contributed by atoms with Gasteiger partial charge < -0.3 is 15.2 Å². The maximum atomic E-state index is 13.3. The number of ether oxygens (including phenoxy) is 1. The van der Waals surface area contributed by atoms with Gasteiger partial charge in [-0.2, -0.15) is 0 Å². The number of nitrogens with one attached hydrogen (secondary N) is 1. The van der Waals surface area contributed by atoms with E-state index in [0.717, 1.165) is 12.1 Å². The zero-order chi connectivity index (χ0) is 12.8. The average Bonchev–Trinajstić information content (AvgIpc) is 2.27. The van der Waals surface area contributed by atoms with Gasteiger partial charge >= 0.3 is 0 Å². The molecule has 0 spiro atoms. The minimum absolute atomic E-state index is 0.0877. The number of benzene rings is 1. The van der Waals surface area contributed by atoms with Gasteiger partial charge in [0.25, 0.3) is 5.69 Å². The predicted molar refractivity (Wildman–Crippen MR) is 58.5 cm³/mol. The summed E-state index contributed by atoms with van der Waals surface area (Å²) in [5.74, 6) is -0.943. The van der Waals surface area contributed by atoms with E-state index >= 15 is 0 Å². The number of nitro groups is 1. The van der Waals surface area contributed by atoms with E-state index in [1.807, 2.05) is 0 Å². The number of halogens is 1. The Labute approximate surface area is 97.2 Å². The van der Waals surface area contributed by atoms with Gasteiger partial charge in [-0.05, 0) is 13.1 Å². The number of hydrogen-bond donors (Lipinski definition) is 2. The summed E-state index contributed by atoms with van der Waals surface area (Å²) in [7, 11) is 1.66. The monoisotopic (exact) mass is 244 g/mol. The summed E-state index contributed by atoms with van der Waals surface area (Å²) in [6.45, 7) is 0.226. The topological polar surface area (TPSA) is 84.6 Å². The third kappa shape index (κ3) is 3.97. The van der Waals surface area contributed by atoms with Gasteiger partial charge in [0, 0.05) is 12.6 Å². The van der Waals surface area contributed by atoms with E-state index in [4.69, 9.17) is 4.74 Å². The molecule has 0 bridgehead atoms. The maximum Gasteiger partial charge on any atom is 0.272 e. The molecule has 0 aliphatic rings. The van der Waals surface area contributed by atoms with Crippen molar-refractivity contribution in [1.82, 2.24) is 5.32 Å². The summed E-state index contributed by atoms with van der Waals surface area (Å²) in [4.78, 5) is 9.67. The fourth-order valence-electron chi connectivity index (χ4n) is 1.20. The van der Waals surface area contributed by atoms with Gasteiger partial charge in [-0.3, -0.25) is 10.1 Å². The predicted octanol–water partition coefficient (Wildman–Crippen LogP) is 0.693. The molecule has 1 aromatic rings. The molecule has 0 fully saturated rings. The van der Waals surface area contributed by atoms with E-state index < -0.39 is 16.8 Å². The molecule has 1 unspecified atom stereocenters. The third-order valence-corrected chi connectivity index (χ3v) is 2.00. The van der Waals surface area contributed by atoms with Gasteiger partial charge in [-0.25, -0.2) is 4.39 Å². The van der Waals surface area contributed by atoms with Crippen LogP contribution >= 0.6 is 0 Å². The van der Waals surface area contributed by atoms with Gasteiger partial charge in [0.2, 0.25) is 0 Å². The molecule has 0 radical (unpaired) electrons. The van der Waals surface area contributed by atoms with E-state index in [2.05, 4.69) is 5.32 Å². The first kappa shape index (κ1) is 13.3. The lowest BCUT2D eigenvalue weighted by Gasteiger charge is -2.11. The average molecular weight is 244 g/mol. The molecular formula is C10H13FN2O4. The molecule has 0 aliphatic carbocycles. The molecule has 6 nitrogen and oxygen atoms in total. The Balaban J connectivity index is 2.63. The highest BCUT2D eigenvalue weighted by Gasteiger charge is 2.12. The first-order valence-electron chi connectivity index (χ1n) is 4.94. The molecule has 0 heterocycles. The van der Waals surface area contributed by atoms with Crippen LogP contribution in [0.1, 0.15) is 0 Å². The molecule has 2 N–H and O–H groups in total. The lowest BCUT2D eigenvalue weighted by atomic mass is 10.3. The van der Waals surface area contributed by atoms with Crippen LogP contribution in [0.4, 0.5) is 10.1 Å². The van der Waals surface area contributed by atoms with Crippen molar-refractivity contribution < 1.29 is 19.2 Å². The van der Waals surface area contributed by atoms with Gasteiger partial charge in [0.15, 0.2) is 11.6 Å². The number of likely N-dealkylation sites (N-methyl/N-ethyl adjacent to an activating group) is 1. The third-order valence-electron chi connectivity index (χ3n) is 2.00. The lowest BCUT2D eigenvalue weighted by Crippen LogP contribution is -2.29. The van der Waals surface area contributed by atoms with Crippen molar-refractivity contribution in [3.63, 3.8) is 0 Å². The zero-order valence-electron chi connectivity index (χ0n) is 9.22. The molecule has 17 heavy (non-hydrogen) atoms. The van der Waals surface area contributed by atoms with Gasteiger partial charge in [0.1, 0.15) is 12.7 Å². The summed E-state index contributed by atoms with van der Waals surface area (Å²) in [6, 6.07) is 3.09. The van der Waals surface area contributed by atoms with Crippen LogP contribution in [-0.4, -0.2) is 36.3 Å². The number of nitrogens with zero attached hydrogens (tertiary/aromatic N) is 1. The standard InChI is InChI=1S/C10H13FN2O4/c1-12-5-8(14)6-17-10-3-2-7(13(15)16)4-9(10)11/h2-4,8,12,14H,5-6H2,1H3. The van der Waals surface area contributed by atoms with Crippen LogP contribution in [0, 0.1) is 15.9 Å². The Kier molecular flexibility index (Phi) is 4.80. The van der Waals surface area contributed by atoms with Crippen molar-refractivity contribution in [1.29, 1.82) is 0 Å². The summed E-state index contributed by atoms with van der Waals surface area (Å²) in [6.07, 6.45) is -0.769. The Hall–Kier alpha value is -1.73. The molecule has 7 heteroatoms. The van der Waals surface area contributed by atoms with Crippen molar-refractivity contribution in [2.45, 2.75) is 6.10 Å². The van der Waals surface area contributed by atoms with E-state index in [1.54, 1.807) is 7.05 Å². The maximum absolute atomic E-state index is 13.3. The van der Waals surface area contributed by atoms with Crippen molar-refractivity contribution in [3.05, 3.63) is 34.1 Å². The largest absolute Gasteiger partial charge is 0.488 e. The van der Waals surface area contributed by atoms with E-state index in [0.29, 0.717) is 6.54 Å². The van der Waals surface area contributed by atoms with Crippen molar-refractivity contribution in [2.75, 3.05) is 20.2 Å². The van der Waals surface area contributed by atoms with Crippen LogP contribution in [0.2, 0.25) is 0 Å². The lowest BCUT2D eigenvalue weighted by molar-refractivity contribution is -0.385. The minimum Gasteiger partial charge on any atom is -0.488 e. The molecule has 94 valence electrons. The van der Waals surface area contributed by atoms with Crippen LogP contribution in [0.15, 0.2) is 18.2 Å². The molecule has 0 saturated heterocycles. The Morgan fingerprint density at radius 3 is 2.88 bits per heavy atom. The van der Waals surface area contributed by atoms with Crippen LogP contribution in [0.5, 0.6) is 5.75 Å². The molecule has 1 aromatic carbocycles. The second kappa shape index (κ2) is 6.12. The normalized spacial score (nSPS) is 12.2. The van der Waals surface area contributed by atoms with Crippen LogP contribution < -0.4 is 10.1 Å². The molecule has 0 amide bonds. The van der Waals surface area contributed by atoms with Gasteiger partial charge in [-0.1, -0.05) is 0 Å². The molecule has 1 rings (SSSR count). The van der Waals surface area contributed by atoms with Crippen molar-refractivity contribution in [2.24, 2.45) is 0 Å². The minimum atomic E-state index is -0.823. The van der Waals surface area contributed by atoms with Crippen LogP contribution in [-0.2, 0) is 0 Å². The van der Waals surface area contributed by atoms with Gasteiger partial charge in [-0.15, -0.1) is 0 Å². The van der Waals surface area contributed by atoms with Gasteiger partial charge in [0.05, 0.1) is 11.0 Å². The number of hydrogen-bond acceptors (Lipinski definition) is 5. The first-order valence-corrected chi connectivity index (χ1v) is 4.94. The zero-order valence-corrected chi connectivity index (χ0v) is 9.22. The molecular weight excluding hydrogens is 231 g/mol. The first-order chi connectivity index (χ1) is 8.04. The summed E-state index contributed by atoms with van der Waals surface area (Å²) < 4.78 is 18.3. The summed E-state index contributed by atoms with van der Waals surface area (Å²) in [5.41, 5.74) is -0.342. The highest BCUT2D eigenvalue weighted by atomic mass is 19.1. The van der Waals surface area contributed by atoms with E-state index in [1.165, 1.54) is 6.07 Å². The SMILES string of the molecule is CNCC(O)COc1ccc([N+](=O)[O-])cc1F. The highest BCUT2D eigenvalue weighted by Crippen LogP contribution is 2.22. The van der Waals surface area contributed by atoms with Crippen LogP contribution in [0.25, 0.3) is 0 Å². The molecule has 0 saturated carbocycles. The second-order valence-corrected chi connectivity index (χ2v) is 3.39. The Morgan fingerprint density at radius 1 is 1.65 bits per heavy atom. The number of non-ortho nitro benzene ring substituents is 1. The number of aliphatic hydroxyl groups is 1. The quantitative estimate of drug-likeness (QED) is 0.568. The molecule has 1 atom stereocenters. The Bertz CT molecular complexity index is 400. The molecule has 0 aromatic heterocycles. The summed E-state index contributed by atoms with van der Waals surface area (Å²) >= 11 is 0. The fourth-order valence-corrected chi connectivity index (χ4v) is 1.20. The smallest absolute Gasteiger partial charge is 0.272 e. The highest BCUT2D eigenvalue weighted by molar-refractivity contribution is 5.37. The summed E-state index contributed by atoms with van der Waals surface area (Å²) in [5, 5.41) is 22.4. The van der Waals surface area contributed by atoms with E-state index in [-0.39, 0.29) is 18.0 Å². The number of rotatable bonds is 6. The molecule has 0 aliphatic heterocycles.